The van der Waals surface area contributed by atoms with Crippen molar-refractivity contribution in [1.29, 1.82) is 0 Å². The summed E-state index contributed by atoms with van der Waals surface area (Å²) >= 11 is 0. The van der Waals surface area contributed by atoms with Gasteiger partial charge in [0.1, 0.15) is 5.82 Å². The smallest absolute Gasteiger partial charge is 0.255 e. The van der Waals surface area contributed by atoms with Crippen LogP contribution in [-0.4, -0.2) is 4.57 Å². The summed E-state index contributed by atoms with van der Waals surface area (Å²) in [5.74, 6) is 1.05. The minimum atomic E-state index is 0.0610. The van der Waals surface area contributed by atoms with Crippen LogP contribution >= 0.6 is 0 Å². The molecule has 0 spiro atoms. The van der Waals surface area contributed by atoms with Gasteiger partial charge in [0.25, 0.3) is 5.56 Å². The van der Waals surface area contributed by atoms with Crippen molar-refractivity contribution in [2.45, 2.75) is 19.8 Å². The van der Waals surface area contributed by atoms with Crippen LogP contribution in [0.1, 0.15) is 25.3 Å². The lowest BCUT2D eigenvalue weighted by molar-refractivity contribution is 0.786. The number of pyridine rings is 1. The normalized spacial score (nSPS) is 10.7. The largest absolute Gasteiger partial charge is 0.342 e. The highest BCUT2D eigenvalue weighted by Crippen LogP contribution is 2.16. The second kappa shape index (κ2) is 5.08. The van der Waals surface area contributed by atoms with E-state index in [-0.39, 0.29) is 11.5 Å². The molecule has 3 heteroatoms. The molecule has 0 atom stereocenters. The highest BCUT2D eigenvalue weighted by atomic mass is 16.1. The van der Waals surface area contributed by atoms with Crippen molar-refractivity contribution >= 4 is 11.5 Å². The molecule has 0 saturated heterocycles. The number of nitrogens with one attached hydrogen (secondary N) is 1. The molecular formula is C15H18N2O. The molecule has 1 aromatic heterocycles. The summed E-state index contributed by atoms with van der Waals surface area (Å²) in [4.78, 5) is 12.1. The first-order valence-corrected chi connectivity index (χ1v) is 6.11. The summed E-state index contributed by atoms with van der Waals surface area (Å²) in [6.07, 6.45) is 0. The number of anilines is 2. The van der Waals surface area contributed by atoms with Crippen LogP contribution in [0.25, 0.3) is 0 Å². The van der Waals surface area contributed by atoms with E-state index >= 15 is 0 Å². The van der Waals surface area contributed by atoms with Gasteiger partial charge in [0.15, 0.2) is 0 Å². The predicted molar refractivity (Wildman–Crippen MR) is 75.5 cm³/mol. The lowest BCUT2D eigenvalue weighted by atomic mass is 10.1. The molecule has 1 aromatic carbocycles. The molecule has 0 aliphatic rings. The quantitative estimate of drug-likeness (QED) is 0.896. The molecule has 2 aromatic rings. The molecule has 0 amide bonds. The van der Waals surface area contributed by atoms with Gasteiger partial charge in [-0.2, -0.15) is 0 Å². The van der Waals surface area contributed by atoms with Crippen molar-refractivity contribution in [3.8, 4) is 0 Å². The summed E-state index contributed by atoms with van der Waals surface area (Å²) in [5, 5.41) is 3.24. The average molecular weight is 242 g/mol. The van der Waals surface area contributed by atoms with Gasteiger partial charge < -0.3 is 5.32 Å². The van der Waals surface area contributed by atoms with Crippen LogP contribution in [0.15, 0.2) is 47.3 Å². The summed E-state index contributed by atoms with van der Waals surface area (Å²) in [7, 11) is 1.79. The van der Waals surface area contributed by atoms with Crippen LogP contribution in [0.5, 0.6) is 0 Å². The van der Waals surface area contributed by atoms with Crippen LogP contribution in [0.3, 0.4) is 0 Å². The highest BCUT2D eigenvalue weighted by Gasteiger charge is 2.08. The summed E-state index contributed by atoms with van der Waals surface area (Å²) < 4.78 is 1.66. The molecular weight excluding hydrogens is 224 g/mol. The first-order chi connectivity index (χ1) is 8.59. The molecule has 94 valence electrons. The number of hydrogen-bond acceptors (Lipinski definition) is 2. The Morgan fingerprint density at radius 3 is 2.33 bits per heavy atom. The molecule has 18 heavy (non-hydrogen) atoms. The molecule has 3 nitrogen and oxygen atoms in total. The van der Waals surface area contributed by atoms with E-state index in [2.05, 4.69) is 5.32 Å². The van der Waals surface area contributed by atoms with Gasteiger partial charge in [0.2, 0.25) is 0 Å². The van der Waals surface area contributed by atoms with Crippen LogP contribution in [0.2, 0.25) is 0 Å². The van der Waals surface area contributed by atoms with E-state index in [4.69, 9.17) is 0 Å². The standard InChI is InChI=1S/C15H18N2O/c1-11(2)13-9-10-14(17(3)15(13)18)16-12-7-5-4-6-8-12/h4-11,16H,1-3H3. The van der Waals surface area contributed by atoms with Crippen molar-refractivity contribution in [1.82, 2.24) is 4.57 Å². The Hall–Kier alpha value is -2.03. The van der Waals surface area contributed by atoms with E-state index in [9.17, 15) is 4.79 Å². The van der Waals surface area contributed by atoms with Gasteiger partial charge >= 0.3 is 0 Å². The maximum atomic E-state index is 12.1. The molecule has 1 N–H and O–H groups in total. The molecule has 1 heterocycles. The van der Waals surface area contributed by atoms with Crippen molar-refractivity contribution in [2.24, 2.45) is 7.05 Å². The lowest BCUT2D eigenvalue weighted by Gasteiger charge is -2.13. The van der Waals surface area contributed by atoms with Crippen LogP contribution in [-0.2, 0) is 7.05 Å². The number of nitrogens with zero attached hydrogens (tertiary/aromatic N) is 1. The molecule has 0 bridgehead atoms. The first-order valence-electron chi connectivity index (χ1n) is 6.11. The van der Waals surface area contributed by atoms with Crippen LogP contribution < -0.4 is 10.9 Å². The maximum Gasteiger partial charge on any atom is 0.255 e. The zero-order valence-corrected chi connectivity index (χ0v) is 11.0. The summed E-state index contributed by atoms with van der Waals surface area (Å²) in [6, 6.07) is 13.7. The van der Waals surface area contributed by atoms with E-state index in [1.807, 2.05) is 56.3 Å². The summed E-state index contributed by atoms with van der Waals surface area (Å²) in [5.41, 5.74) is 1.88. The number of benzene rings is 1. The third-order valence-corrected chi connectivity index (χ3v) is 3.00. The maximum absolute atomic E-state index is 12.1. The van der Waals surface area contributed by atoms with Gasteiger partial charge in [-0.05, 0) is 30.2 Å². The second-order valence-electron chi connectivity index (χ2n) is 4.68. The van der Waals surface area contributed by atoms with Crippen molar-refractivity contribution in [3.05, 3.63) is 58.4 Å². The van der Waals surface area contributed by atoms with Crippen LogP contribution in [0.4, 0.5) is 11.5 Å². The molecule has 0 unspecified atom stereocenters. The Morgan fingerprint density at radius 2 is 1.72 bits per heavy atom. The monoisotopic (exact) mass is 242 g/mol. The van der Waals surface area contributed by atoms with E-state index < -0.39 is 0 Å². The molecule has 0 aliphatic carbocycles. The fraction of sp³-hybridized carbons (Fsp3) is 0.267. The Balaban J connectivity index is 2.37. The zero-order chi connectivity index (χ0) is 13.1. The third kappa shape index (κ3) is 2.45. The lowest BCUT2D eigenvalue weighted by Crippen LogP contribution is -2.23. The van der Waals surface area contributed by atoms with Crippen molar-refractivity contribution in [2.75, 3.05) is 5.32 Å². The minimum absolute atomic E-state index is 0.0610. The Kier molecular flexibility index (Phi) is 3.51. The topological polar surface area (TPSA) is 34.0 Å². The van der Waals surface area contributed by atoms with E-state index in [1.165, 1.54) is 0 Å². The van der Waals surface area contributed by atoms with E-state index in [0.29, 0.717) is 0 Å². The van der Waals surface area contributed by atoms with Gasteiger partial charge in [-0.1, -0.05) is 32.0 Å². The fourth-order valence-electron chi connectivity index (χ4n) is 1.89. The van der Waals surface area contributed by atoms with Crippen molar-refractivity contribution < 1.29 is 0 Å². The minimum Gasteiger partial charge on any atom is -0.342 e. The van der Waals surface area contributed by atoms with Gasteiger partial charge in [0.05, 0.1) is 0 Å². The Labute approximate surface area is 107 Å². The predicted octanol–water partition coefficient (Wildman–Crippen LogP) is 3.25. The molecule has 0 aliphatic heterocycles. The third-order valence-electron chi connectivity index (χ3n) is 3.00. The SMILES string of the molecule is CC(C)c1ccc(Nc2ccccc2)n(C)c1=O. The Bertz CT molecular complexity index is 585. The van der Waals surface area contributed by atoms with Gasteiger partial charge in [-0.3, -0.25) is 9.36 Å². The zero-order valence-electron chi connectivity index (χ0n) is 11.0. The van der Waals surface area contributed by atoms with Gasteiger partial charge in [0, 0.05) is 18.3 Å². The van der Waals surface area contributed by atoms with Gasteiger partial charge in [-0.15, -0.1) is 0 Å². The van der Waals surface area contributed by atoms with E-state index in [1.54, 1.807) is 11.6 Å². The van der Waals surface area contributed by atoms with Crippen molar-refractivity contribution in [3.63, 3.8) is 0 Å². The number of hydrogen-bond donors (Lipinski definition) is 1. The van der Waals surface area contributed by atoms with Crippen LogP contribution in [0, 0.1) is 0 Å². The molecule has 0 saturated carbocycles. The number of rotatable bonds is 3. The average Bonchev–Trinajstić information content (AvgIpc) is 2.36. The first kappa shape index (κ1) is 12.4. The molecule has 2 rings (SSSR count). The fourth-order valence-corrected chi connectivity index (χ4v) is 1.89. The molecule has 0 radical (unpaired) electrons. The number of para-hydroxylation sites is 1. The van der Waals surface area contributed by atoms with E-state index in [0.717, 1.165) is 17.1 Å². The Morgan fingerprint density at radius 1 is 1.06 bits per heavy atom. The highest BCUT2D eigenvalue weighted by molar-refractivity contribution is 5.56. The molecule has 0 fully saturated rings. The van der Waals surface area contributed by atoms with Gasteiger partial charge in [-0.25, -0.2) is 0 Å². The summed E-state index contributed by atoms with van der Waals surface area (Å²) in [6.45, 7) is 4.06. The number of aromatic nitrogens is 1. The second-order valence-corrected chi connectivity index (χ2v) is 4.68.